The molecule has 0 fully saturated rings. The molecule has 0 amide bonds. The predicted molar refractivity (Wildman–Crippen MR) is 55.9 cm³/mol. The molecule has 2 aromatic heterocycles. The van der Waals surface area contributed by atoms with Gasteiger partial charge in [-0.25, -0.2) is 4.98 Å². The smallest absolute Gasteiger partial charge is 0.307 e. The highest BCUT2D eigenvalue weighted by Gasteiger charge is 2.08. The third-order valence-electron chi connectivity index (χ3n) is 2.32. The molecule has 0 bridgehead atoms. The van der Waals surface area contributed by atoms with Crippen molar-refractivity contribution in [3.05, 3.63) is 35.8 Å². The molecule has 15 heavy (non-hydrogen) atoms. The van der Waals surface area contributed by atoms with E-state index in [0.717, 1.165) is 23.3 Å². The number of rotatable bonds is 3. The zero-order valence-corrected chi connectivity index (χ0v) is 8.47. The first kappa shape index (κ1) is 9.71. The van der Waals surface area contributed by atoms with E-state index >= 15 is 0 Å². The first-order valence-corrected chi connectivity index (χ1v) is 4.88. The van der Waals surface area contributed by atoms with Crippen LogP contribution in [0.5, 0.6) is 0 Å². The molecule has 2 heterocycles. The number of pyridine rings is 1. The maximum atomic E-state index is 10.7. The van der Waals surface area contributed by atoms with Gasteiger partial charge in [0.1, 0.15) is 5.65 Å². The van der Waals surface area contributed by atoms with Gasteiger partial charge in [0.05, 0.1) is 12.1 Å². The van der Waals surface area contributed by atoms with Gasteiger partial charge < -0.3 is 9.51 Å². The Bertz CT molecular complexity index is 502. The fourth-order valence-corrected chi connectivity index (χ4v) is 1.59. The molecule has 2 aromatic rings. The molecule has 1 N–H and O–H groups in total. The zero-order valence-electron chi connectivity index (χ0n) is 8.47. The molecule has 4 nitrogen and oxygen atoms in total. The van der Waals surface area contributed by atoms with E-state index in [-0.39, 0.29) is 6.42 Å². The highest BCUT2D eigenvalue weighted by molar-refractivity contribution is 5.73. The predicted octanol–water partition coefficient (Wildman–Crippen LogP) is 1.52. The summed E-state index contributed by atoms with van der Waals surface area (Å²) in [5, 5.41) is 8.75. The van der Waals surface area contributed by atoms with Gasteiger partial charge in [0.15, 0.2) is 0 Å². The van der Waals surface area contributed by atoms with Gasteiger partial charge in [0, 0.05) is 18.0 Å². The molecule has 2 rings (SSSR count). The maximum absolute atomic E-state index is 10.7. The third kappa shape index (κ3) is 1.83. The van der Waals surface area contributed by atoms with E-state index in [9.17, 15) is 4.79 Å². The van der Waals surface area contributed by atoms with Gasteiger partial charge in [-0.05, 0) is 12.5 Å². The molecule has 0 unspecified atom stereocenters. The van der Waals surface area contributed by atoms with Crippen molar-refractivity contribution >= 4 is 11.6 Å². The van der Waals surface area contributed by atoms with Crippen molar-refractivity contribution in [1.29, 1.82) is 0 Å². The largest absolute Gasteiger partial charge is 0.481 e. The van der Waals surface area contributed by atoms with E-state index in [0.29, 0.717) is 0 Å². The molecule has 0 radical (unpaired) electrons. The minimum Gasteiger partial charge on any atom is -0.481 e. The van der Waals surface area contributed by atoms with Gasteiger partial charge in [-0.3, -0.25) is 4.79 Å². The van der Waals surface area contributed by atoms with Crippen LogP contribution >= 0.6 is 0 Å². The summed E-state index contributed by atoms with van der Waals surface area (Å²) >= 11 is 0. The number of hydrogen-bond acceptors (Lipinski definition) is 2. The highest BCUT2D eigenvalue weighted by Crippen LogP contribution is 2.12. The standard InChI is InChI=1S/C11H12N2O2/c1-2-9-7-13-5-3-4-8(6-10(14)15)11(13)12-9/h3-5,7H,2,6H2,1H3,(H,14,15). The zero-order chi connectivity index (χ0) is 10.8. The van der Waals surface area contributed by atoms with Crippen LogP contribution in [0.2, 0.25) is 0 Å². The average Bonchev–Trinajstić information content (AvgIpc) is 2.61. The molecule has 0 saturated carbocycles. The number of nitrogens with zero attached hydrogens (tertiary/aromatic N) is 2. The van der Waals surface area contributed by atoms with E-state index < -0.39 is 5.97 Å². The van der Waals surface area contributed by atoms with Crippen LogP contribution in [0.1, 0.15) is 18.2 Å². The van der Waals surface area contributed by atoms with Gasteiger partial charge in [-0.2, -0.15) is 0 Å². The van der Waals surface area contributed by atoms with Crippen LogP contribution < -0.4 is 0 Å². The normalized spacial score (nSPS) is 10.7. The lowest BCUT2D eigenvalue weighted by Crippen LogP contribution is -2.02. The minimum absolute atomic E-state index is 0.0184. The molecule has 0 aliphatic heterocycles. The number of fused-ring (bicyclic) bond motifs is 1. The second kappa shape index (κ2) is 3.73. The molecule has 0 saturated heterocycles. The summed E-state index contributed by atoms with van der Waals surface area (Å²) in [6.07, 6.45) is 4.69. The van der Waals surface area contributed by atoms with Crippen LogP contribution in [0.4, 0.5) is 0 Å². The van der Waals surface area contributed by atoms with Crippen molar-refractivity contribution in [2.24, 2.45) is 0 Å². The number of hydrogen-bond donors (Lipinski definition) is 1. The Morgan fingerprint density at radius 1 is 1.60 bits per heavy atom. The Morgan fingerprint density at radius 3 is 3.07 bits per heavy atom. The van der Waals surface area contributed by atoms with Gasteiger partial charge in [0.2, 0.25) is 0 Å². The number of aliphatic carboxylic acids is 1. The Hall–Kier alpha value is -1.84. The van der Waals surface area contributed by atoms with E-state index in [2.05, 4.69) is 4.98 Å². The molecule has 0 aliphatic rings. The average molecular weight is 204 g/mol. The molecule has 78 valence electrons. The Balaban J connectivity index is 2.54. The van der Waals surface area contributed by atoms with Crippen molar-refractivity contribution in [2.75, 3.05) is 0 Å². The third-order valence-corrected chi connectivity index (χ3v) is 2.32. The van der Waals surface area contributed by atoms with E-state index in [1.54, 1.807) is 6.07 Å². The number of aromatic nitrogens is 2. The Morgan fingerprint density at radius 2 is 2.40 bits per heavy atom. The first-order valence-electron chi connectivity index (χ1n) is 4.88. The molecule has 0 aromatic carbocycles. The minimum atomic E-state index is -0.829. The summed E-state index contributed by atoms with van der Waals surface area (Å²) in [6.45, 7) is 2.03. The van der Waals surface area contributed by atoms with Gasteiger partial charge in [-0.15, -0.1) is 0 Å². The monoisotopic (exact) mass is 204 g/mol. The summed E-state index contributed by atoms with van der Waals surface area (Å²) < 4.78 is 1.87. The summed E-state index contributed by atoms with van der Waals surface area (Å²) in [5.41, 5.74) is 2.48. The number of imidazole rings is 1. The number of carboxylic acid groups (broad SMARTS) is 1. The lowest BCUT2D eigenvalue weighted by Gasteiger charge is -1.99. The van der Waals surface area contributed by atoms with E-state index in [4.69, 9.17) is 5.11 Å². The quantitative estimate of drug-likeness (QED) is 0.824. The number of carboxylic acids is 1. The summed E-state index contributed by atoms with van der Waals surface area (Å²) in [5.74, 6) is -0.829. The topological polar surface area (TPSA) is 54.6 Å². The fourth-order valence-electron chi connectivity index (χ4n) is 1.59. The van der Waals surface area contributed by atoms with E-state index in [1.165, 1.54) is 0 Å². The van der Waals surface area contributed by atoms with E-state index in [1.807, 2.05) is 29.8 Å². The summed E-state index contributed by atoms with van der Waals surface area (Å²) in [7, 11) is 0. The van der Waals surface area contributed by atoms with Crippen molar-refractivity contribution in [2.45, 2.75) is 19.8 Å². The van der Waals surface area contributed by atoms with Gasteiger partial charge >= 0.3 is 5.97 Å². The fraction of sp³-hybridized carbons (Fsp3) is 0.273. The van der Waals surface area contributed by atoms with Crippen molar-refractivity contribution in [3.63, 3.8) is 0 Å². The summed E-state index contributed by atoms with van der Waals surface area (Å²) in [6, 6.07) is 3.64. The molecule has 0 aliphatic carbocycles. The van der Waals surface area contributed by atoms with Gasteiger partial charge in [0.25, 0.3) is 0 Å². The molecule has 0 spiro atoms. The molecule has 4 heteroatoms. The molecule has 0 atom stereocenters. The molecular weight excluding hydrogens is 192 g/mol. The Labute approximate surface area is 87.2 Å². The maximum Gasteiger partial charge on any atom is 0.307 e. The summed E-state index contributed by atoms with van der Waals surface area (Å²) in [4.78, 5) is 15.0. The first-order chi connectivity index (χ1) is 7.20. The number of carbonyl (C=O) groups is 1. The SMILES string of the molecule is CCc1cn2cccc(CC(=O)O)c2n1. The second-order valence-corrected chi connectivity index (χ2v) is 3.42. The lowest BCUT2D eigenvalue weighted by molar-refractivity contribution is -0.136. The van der Waals surface area contributed by atoms with Crippen molar-refractivity contribution in [1.82, 2.24) is 9.38 Å². The number of aryl methyl sites for hydroxylation is 1. The van der Waals surface area contributed by atoms with Crippen molar-refractivity contribution < 1.29 is 9.90 Å². The molecular formula is C11H12N2O2. The highest BCUT2D eigenvalue weighted by atomic mass is 16.4. The van der Waals surface area contributed by atoms with Crippen LogP contribution in [0, 0.1) is 0 Å². The lowest BCUT2D eigenvalue weighted by atomic mass is 10.2. The van der Waals surface area contributed by atoms with Gasteiger partial charge in [-0.1, -0.05) is 13.0 Å². The van der Waals surface area contributed by atoms with Crippen LogP contribution in [0.15, 0.2) is 24.5 Å². The van der Waals surface area contributed by atoms with Crippen LogP contribution in [0.3, 0.4) is 0 Å². The van der Waals surface area contributed by atoms with Crippen LogP contribution in [-0.2, 0) is 17.6 Å². The second-order valence-electron chi connectivity index (χ2n) is 3.42. The van der Waals surface area contributed by atoms with Crippen molar-refractivity contribution in [3.8, 4) is 0 Å². The van der Waals surface area contributed by atoms with Crippen LogP contribution in [-0.4, -0.2) is 20.5 Å². The van der Waals surface area contributed by atoms with Crippen LogP contribution in [0.25, 0.3) is 5.65 Å². The Kier molecular flexibility index (Phi) is 2.41.